The van der Waals surface area contributed by atoms with Crippen molar-refractivity contribution < 1.29 is 8.42 Å². The Kier molecular flexibility index (Phi) is 4.83. The van der Waals surface area contributed by atoms with Crippen LogP contribution in [0.25, 0.3) is 0 Å². The highest BCUT2D eigenvalue weighted by molar-refractivity contribution is 7.89. The summed E-state index contributed by atoms with van der Waals surface area (Å²) in [4.78, 5) is 0.393. The van der Waals surface area contributed by atoms with Crippen LogP contribution >= 0.6 is 0 Å². The number of hydrogen-bond donors (Lipinski definition) is 1. The van der Waals surface area contributed by atoms with Crippen LogP contribution < -0.4 is 5.73 Å². The van der Waals surface area contributed by atoms with Crippen LogP contribution in [0.15, 0.2) is 23.1 Å². The molecule has 1 saturated heterocycles. The van der Waals surface area contributed by atoms with Gasteiger partial charge in [0.05, 0.1) is 4.90 Å². The second-order valence-electron chi connectivity index (χ2n) is 5.60. The van der Waals surface area contributed by atoms with E-state index in [4.69, 9.17) is 5.73 Å². The average molecular weight is 296 g/mol. The van der Waals surface area contributed by atoms with Gasteiger partial charge < -0.3 is 5.73 Å². The molecule has 0 spiro atoms. The van der Waals surface area contributed by atoms with Crippen LogP contribution in [0.5, 0.6) is 0 Å². The summed E-state index contributed by atoms with van der Waals surface area (Å²) in [6, 6.07) is 5.24. The number of benzene rings is 1. The monoisotopic (exact) mass is 296 g/mol. The van der Waals surface area contributed by atoms with Gasteiger partial charge in [-0.1, -0.05) is 19.4 Å². The fourth-order valence-corrected chi connectivity index (χ4v) is 4.48. The van der Waals surface area contributed by atoms with E-state index in [1.165, 1.54) is 0 Å². The van der Waals surface area contributed by atoms with E-state index in [-0.39, 0.29) is 0 Å². The highest BCUT2D eigenvalue weighted by atomic mass is 32.2. The molecule has 2 rings (SSSR count). The maximum Gasteiger partial charge on any atom is 0.243 e. The van der Waals surface area contributed by atoms with Crippen LogP contribution in [0.2, 0.25) is 0 Å². The van der Waals surface area contributed by atoms with Gasteiger partial charge in [0.25, 0.3) is 0 Å². The van der Waals surface area contributed by atoms with Crippen LogP contribution in [-0.2, 0) is 16.6 Å². The van der Waals surface area contributed by atoms with Gasteiger partial charge in [0.2, 0.25) is 10.0 Å². The third kappa shape index (κ3) is 3.05. The summed E-state index contributed by atoms with van der Waals surface area (Å²) >= 11 is 0. The highest BCUT2D eigenvalue weighted by Gasteiger charge is 2.32. The summed E-state index contributed by atoms with van der Waals surface area (Å²) in [6.07, 6.45) is 3.20. The van der Waals surface area contributed by atoms with E-state index in [2.05, 4.69) is 6.92 Å². The van der Waals surface area contributed by atoms with E-state index in [0.29, 0.717) is 30.4 Å². The average Bonchev–Trinajstić information content (AvgIpc) is 2.88. The van der Waals surface area contributed by atoms with Gasteiger partial charge in [0.15, 0.2) is 0 Å². The van der Waals surface area contributed by atoms with Crippen LogP contribution in [-0.4, -0.2) is 25.8 Å². The lowest BCUT2D eigenvalue weighted by atomic mass is 10.0. The van der Waals surface area contributed by atoms with Crippen molar-refractivity contribution in [2.45, 2.75) is 44.6 Å². The van der Waals surface area contributed by atoms with Crippen molar-refractivity contribution in [3.8, 4) is 0 Å². The maximum absolute atomic E-state index is 12.6. The molecule has 1 unspecified atom stereocenters. The normalized spacial score (nSPS) is 20.4. The molecule has 0 aliphatic carbocycles. The van der Waals surface area contributed by atoms with E-state index < -0.39 is 10.0 Å². The topological polar surface area (TPSA) is 63.4 Å². The molecule has 0 bridgehead atoms. The lowest BCUT2D eigenvalue weighted by Gasteiger charge is -2.17. The molecule has 4 nitrogen and oxygen atoms in total. The first kappa shape index (κ1) is 15.5. The van der Waals surface area contributed by atoms with Gasteiger partial charge in [-0.25, -0.2) is 8.42 Å². The van der Waals surface area contributed by atoms with E-state index in [9.17, 15) is 8.42 Å². The van der Waals surface area contributed by atoms with E-state index in [1.807, 2.05) is 13.0 Å². The van der Waals surface area contributed by atoms with E-state index >= 15 is 0 Å². The minimum absolute atomic E-state index is 0.393. The molecule has 2 N–H and O–H groups in total. The molecular weight excluding hydrogens is 272 g/mol. The number of rotatable bonds is 5. The molecule has 1 aliphatic rings. The lowest BCUT2D eigenvalue weighted by Crippen LogP contribution is -2.29. The van der Waals surface area contributed by atoms with Gasteiger partial charge >= 0.3 is 0 Å². The summed E-state index contributed by atoms with van der Waals surface area (Å²) < 4.78 is 26.9. The first-order valence-electron chi connectivity index (χ1n) is 7.28. The smallest absolute Gasteiger partial charge is 0.243 e. The predicted molar refractivity (Wildman–Crippen MR) is 80.8 cm³/mol. The fraction of sp³-hybridized carbons (Fsp3) is 0.600. The zero-order chi connectivity index (χ0) is 14.8. The summed E-state index contributed by atoms with van der Waals surface area (Å²) in [5.41, 5.74) is 7.56. The second-order valence-corrected chi connectivity index (χ2v) is 7.54. The molecular formula is C15H24N2O2S. The van der Waals surface area contributed by atoms with Crippen LogP contribution in [0.4, 0.5) is 0 Å². The van der Waals surface area contributed by atoms with Gasteiger partial charge in [-0.05, 0) is 48.9 Å². The Hall–Kier alpha value is -0.910. The first-order valence-corrected chi connectivity index (χ1v) is 8.72. The Bertz CT molecular complexity index is 569. The van der Waals surface area contributed by atoms with Gasteiger partial charge in [-0.2, -0.15) is 4.31 Å². The maximum atomic E-state index is 12.6. The lowest BCUT2D eigenvalue weighted by molar-refractivity contribution is 0.444. The summed E-state index contributed by atoms with van der Waals surface area (Å²) in [5.74, 6) is 0.513. The molecule has 1 aliphatic heterocycles. The minimum Gasteiger partial charge on any atom is -0.326 e. The molecule has 5 heteroatoms. The SMILES string of the molecule is CCCC1CCN(S(=O)(=O)c2ccc(CN)c(C)c2)C1. The predicted octanol–water partition coefficient (Wildman–Crippen LogP) is 2.26. The summed E-state index contributed by atoms with van der Waals surface area (Å²) in [6.45, 7) is 5.80. The third-order valence-corrected chi connectivity index (χ3v) is 5.98. The van der Waals surface area contributed by atoms with Crippen molar-refractivity contribution in [1.29, 1.82) is 0 Å². The number of hydrogen-bond acceptors (Lipinski definition) is 3. The molecule has 1 heterocycles. The second kappa shape index (κ2) is 6.24. The summed E-state index contributed by atoms with van der Waals surface area (Å²) in [5, 5.41) is 0. The molecule has 1 aromatic rings. The first-order chi connectivity index (χ1) is 9.48. The Balaban J connectivity index is 2.21. The third-order valence-electron chi connectivity index (χ3n) is 4.12. The van der Waals surface area contributed by atoms with Gasteiger partial charge in [-0.15, -0.1) is 0 Å². The van der Waals surface area contributed by atoms with Gasteiger partial charge in [0, 0.05) is 19.6 Å². The molecule has 0 aromatic heterocycles. The zero-order valence-electron chi connectivity index (χ0n) is 12.3. The Morgan fingerprint density at radius 2 is 2.15 bits per heavy atom. The molecule has 0 radical (unpaired) electrons. The highest BCUT2D eigenvalue weighted by Crippen LogP contribution is 2.27. The van der Waals surface area contributed by atoms with Gasteiger partial charge in [0.1, 0.15) is 0 Å². The van der Waals surface area contributed by atoms with Crippen LogP contribution in [0.3, 0.4) is 0 Å². The standard InChI is InChI=1S/C15H24N2O2S/c1-3-4-13-7-8-17(11-13)20(18,19)15-6-5-14(10-16)12(2)9-15/h5-6,9,13H,3-4,7-8,10-11,16H2,1-2H3. The fourth-order valence-electron chi connectivity index (χ4n) is 2.87. The largest absolute Gasteiger partial charge is 0.326 e. The van der Waals surface area contributed by atoms with Gasteiger partial charge in [-0.3, -0.25) is 0 Å². The van der Waals surface area contributed by atoms with Crippen LogP contribution in [0.1, 0.15) is 37.3 Å². The van der Waals surface area contributed by atoms with Crippen molar-refractivity contribution in [2.24, 2.45) is 11.7 Å². The number of nitrogens with zero attached hydrogens (tertiary/aromatic N) is 1. The Morgan fingerprint density at radius 3 is 2.75 bits per heavy atom. The van der Waals surface area contributed by atoms with Crippen molar-refractivity contribution >= 4 is 10.0 Å². The molecule has 1 atom stereocenters. The van der Waals surface area contributed by atoms with Crippen molar-refractivity contribution in [3.63, 3.8) is 0 Å². The van der Waals surface area contributed by atoms with E-state index in [1.54, 1.807) is 16.4 Å². The molecule has 0 saturated carbocycles. The number of nitrogens with two attached hydrogens (primary N) is 1. The molecule has 0 amide bonds. The van der Waals surface area contributed by atoms with E-state index in [0.717, 1.165) is 30.4 Å². The van der Waals surface area contributed by atoms with Crippen molar-refractivity contribution in [3.05, 3.63) is 29.3 Å². The molecule has 1 aromatic carbocycles. The number of sulfonamides is 1. The minimum atomic E-state index is -3.34. The molecule has 20 heavy (non-hydrogen) atoms. The Labute approximate surface area is 122 Å². The van der Waals surface area contributed by atoms with Crippen LogP contribution in [0, 0.1) is 12.8 Å². The zero-order valence-corrected chi connectivity index (χ0v) is 13.1. The quantitative estimate of drug-likeness (QED) is 0.906. The molecule has 112 valence electrons. The van der Waals surface area contributed by atoms with Crippen molar-refractivity contribution in [2.75, 3.05) is 13.1 Å². The Morgan fingerprint density at radius 1 is 1.40 bits per heavy atom. The summed E-state index contributed by atoms with van der Waals surface area (Å²) in [7, 11) is -3.34. The number of aryl methyl sites for hydroxylation is 1. The molecule has 1 fully saturated rings. The van der Waals surface area contributed by atoms with Crippen molar-refractivity contribution in [1.82, 2.24) is 4.31 Å².